The van der Waals surface area contributed by atoms with Crippen LogP contribution in [-0.4, -0.2) is 0 Å². The first-order valence-electron chi connectivity index (χ1n) is 6.09. The van der Waals surface area contributed by atoms with Crippen LogP contribution in [0.2, 0.25) is 5.02 Å². The number of rotatable bonds is 4. The minimum Gasteiger partial charge on any atom is -0.488 e. The highest BCUT2D eigenvalue weighted by atomic mass is 35.5. The van der Waals surface area contributed by atoms with E-state index in [9.17, 15) is 8.78 Å². The number of hydrogen-bond donors (Lipinski definition) is 1. The summed E-state index contributed by atoms with van der Waals surface area (Å²) < 4.78 is 32.1. The molecule has 2 nitrogen and oxygen atoms in total. The molecule has 0 fully saturated rings. The molecule has 1 unspecified atom stereocenters. The molecule has 0 spiro atoms. The quantitative estimate of drug-likeness (QED) is 0.917. The molecule has 0 aliphatic carbocycles. The zero-order valence-electron chi connectivity index (χ0n) is 10.9. The monoisotopic (exact) mass is 297 g/mol. The van der Waals surface area contributed by atoms with Gasteiger partial charge in [-0.3, -0.25) is 0 Å². The first kappa shape index (κ1) is 14.8. The minimum absolute atomic E-state index is 0.00579. The number of hydrogen-bond acceptors (Lipinski definition) is 2. The molecule has 0 bridgehead atoms. The molecule has 0 aliphatic rings. The molecule has 2 aromatic rings. The Morgan fingerprint density at radius 1 is 1.25 bits per heavy atom. The molecule has 20 heavy (non-hydrogen) atoms. The van der Waals surface area contributed by atoms with E-state index in [1.54, 1.807) is 19.1 Å². The normalized spacial score (nSPS) is 12.2. The lowest BCUT2D eigenvalue weighted by Gasteiger charge is -2.14. The summed E-state index contributed by atoms with van der Waals surface area (Å²) in [5, 5.41) is 0.00579. The second-order valence-electron chi connectivity index (χ2n) is 4.47. The molecule has 0 aromatic heterocycles. The van der Waals surface area contributed by atoms with Gasteiger partial charge in [-0.15, -0.1) is 0 Å². The summed E-state index contributed by atoms with van der Waals surface area (Å²) in [7, 11) is 0. The largest absolute Gasteiger partial charge is 0.488 e. The van der Waals surface area contributed by atoms with E-state index < -0.39 is 11.6 Å². The third-order valence-corrected chi connectivity index (χ3v) is 3.30. The van der Waals surface area contributed by atoms with Crippen molar-refractivity contribution in [2.24, 2.45) is 5.73 Å². The Labute approximate surface area is 121 Å². The van der Waals surface area contributed by atoms with Gasteiger partial charge in [-0.05, 0) is 19.1 Å². The van der Waals surface area contributed by atoms with E-state index in [0.717, 1.165) is 0 Å². The summed E-state index contributed by atoms with van der Waals surface area (Å²) >= 11 is 5.84. The average molecular weight is 298 g/mol. The van der Waals surface area contributed by atoms with Crippen LogP contribution in [0.15, 0.2) is 36.4 Å². The molecule has 0 heterocycles. The van der Waals surface area contributed by atoms with Gasteiger partial charge in [0.2, 0.25) is 0 Å². The zero-order valence-corrected chi connectivity index (χ0v) is 11.6. The molecule has 5 heteroatoms. The van der Waals surface area contributed by atoms with E-state index in [4.69, 9.17) is 22.1 Å². The van der Waals surface area contributed by atoms with Gasteiger partial charge in [0.15, 0.2) is 0 Å². The van der Waals surface area contributed by atoms with Crippen molar-refractivity contribution in [1.29, 1.82) is 0 Å². The Morgan fingerprint density at radius 3 is 2.70 bits per heavy atom. The van der Waals surface area contributed by atoms with Gasteiger partial charge in [-0.1, -0.05) is 29.8 Å². The summed E-state index contributed by atoms with van der Waals surface area (Å²) in [5.41, 5.74) is 6.97. The highest BCUT2D eigenvalue weighted by Crippen LogP contribution is 2.27. The van der Waals surface area contributed by atoms with E-state index in [2.05, 4.69) is 0 Å². The van der Waals surface area contributed by atoms with Gasteiger partial charge in [0, 0.05) is 23.2 Å². The maximum absolute atomic E-state index is 13.3. The summed E-state index contributed by atoms with van der Waals surface area (Å²) in [6.45, 7) is 1.81. The Hall–Kier alpha value is -1.65. The molecule has 2 N–H and O–H groups in total. The Bertz CT molecular complexity index is 617. The molecule has 0 saturated heterocycles. The average Bonchev–Trinajstić information content (AvgIpc) is 2.40. The molecule has 0 aliphatic heterocycles. The maximum atomic E-state index is 13.3. The van der Waals surface area contributed by atoms with Crippen LogP contribution in [0.25, 0.3) is 0 Å². The van der Waals surface area contributed by atoms with Gasteiger partial charge in [0.05, 0.1) is 5.02 Å². The zero-order chi connectivity index (χ0) is 14.7. The van der Waals surface area contributed by atoms with Crippen LogP contribution in [0.3, 0.4) is 0 Å². The standard InChI is InChI=1S/C15H14ClF2NO/c1-9(19)12-6-5-11(17)7-14(12)20-8-10-3-2-4-13(18)15(10)16/h2-7,9H,8,19H2,1H3. The van der Waals surface area contributed by atoms with Crippen molar-refractivity contribution in [1.82, 2.24) is 0 Å². The molecule has 106 valence electrons. The van der Waals surface area contributed by atoms with Crippen LogP contribution in [0.5, 0.6) is 5.75 Å². The lowest BCUT2D eigenvalue weighted by Crippen LogP contribution is -2.08. The second kappa shape index (κ2) is 6.20. The molecular formula is C15H14ClF2NO. The molecule has 2 aromatic carbocycles. The minimum atomic E-state index is -0.514. The topological polar surface area (TPSA) is 35.2 Å². The molecular weight excluding hydrogens is 284 g/mol. The van der Waals surface area contributed by atoms with Crippen LogP contribution in [0.4, 0.5) is 8.78 Å². The number of benzene rings is 2. The van der Waals surface area contributed by atoms with Crippen molar-refractivity contribution < 1.29 is 13.5 Å². The van der Waals surface area contributed by atoms with Crippen molar-refractivity contribution in [3.8, 4) is 5.75 Å². The number of halogens is 3. The van der Waals surface area contributed by atoms with Crippen molar-refractivity contribution in [2.75, 3.05) is 0 Å². The summed E-state index contributed by atoms with van der Waals surface area (Å²) in [6, 6.07) is 8.30. The third kappa shape index (κ3) is 3.26. The van der Waals surface area contributed by atoms with E-state index >= 15 is 0 Å². The van der Waals surface area contributed by atoms with Crippen LogP contribution < -0.4 is 10.5 Å². The molecule has 0 radical (unpaired) electrons. The molecule has 0 saturated carbocycles. The second-order valence-corrected chi connectivity index (χ2v) is 4.85. The molecule has 2 rings (SSSR count). The van der Waals surface area contributed by atoms with Crippen molar-refractivity contribution in [3.05, 3.63) is 64.2 Å². The fourth-order valence-corrected chi connectivity index (χ4v) is 2.01. The van der Waals surface area contributed by atoms with E-state index in [-0.39, 0.29) is 17.7 Å². The highest BCUT2D eigenvalue weighted by Gasteiger charge is 2.11. The number of ether oxygens (including phenoxy) is 1. The summed E-state index contributed by atoms with van der Waals surface area (Å²) in [5.74, 6) is -0.602. The first-order chi connectivity index (χ1) is 9.49. The van der Waals surface area contributed by atoms with Crippen molar-refractivity contribution in [2.45, 2.75) is 19.6 Å². The van der Waals surface area contributed by atoms with Crippen molar-refractivity contribution >= 4 is 11.6 Å². The lowest BCUT2D eigenvalue weighted by atomic mass is 10.1. The third-order valence-electron chi connectivity index (χ3n) is 2.88. The van der Waals surface area contributed by atoms with Gasteiger partial charge < -0.3 is 10.5 Å². The highest BCUT2D eigenvalue weighted by molar-refractivity contribution is 6.31. The Balaban J connectivity index is 2.22. The fraction of sp³-hybridized carbons (Fsp3) is 0.200. The van der Waals surface area contributed by atoms with Gasteiger partial charge in [0.25, 0.3) is 0 Å². The Kier molecular flexibility index (Phi) is 4.57. The lowest BCUT2D eigenvalue weighted by molar-refractivity contribution is 0.299. The summed E-state index contributed by atoms with van der Waals surface area (Å²) in [6.07, 6.45) is 0. The van der Waals surface area contributed by atoms with Gasteiger partial charge >= 0.3 is 0 Å². The van der Waals surface area contributed by atoms with Crippen LogP contribution >= 0.6 is 11.6 Å². The van der Waals surface area contributed by atoms with Gasteiger partial charge in [0.1, 0.15) is 24.0 Å². The van der Waals surface area contributed by atoms with Gasteiger partial charge in [-0.2, -0.15) is 0 Å². The van der Waals surface area contributed by atoms with Crippen LogP contribution in [-0.2, 0) is 6.61 Å². The van der Waals surface area contributed by atoms with Crippen molar-refractivity contribution in [3.63, 3.8) is 0 Å². The van der Waals surface area contributed by atoms with E-state index in [0.29, 0.717) is 16.9 Å². The fourth-order valence-electron chi connectivity index (χ4n) is 1.82. The smallest absolute Gasteiger partial charge is 0.142 e. The predicted octanol–water partition coefficient (Wildman–Crippen LogP) is 4.22. The SMILES string of the molecule is CC(N)c1ccc(F)cc1OCc1cccc(F)c1Cl. The van der Waals surface area contributed by atoms with Crippen LogP contribution in [0.1, 0.15) is 24.1 Å². The predicted molar refractivity (Wildman–Crippen MR) is 74.7 cm³/mol. The van der Waals surface area contributed by atoms with Gasteiger partial charge in [-0.25, -0.2) is 8.78 Å². The number of nitrogens with two attached hydrogens (primary N) is 1. The summed E-state index contributed by atoms with van der Waals surface area (Å²) in [4.78, 5) is 0. The Morgan fingerprint density at radius 2 is 2.00 bits per heavy atom. The van der Waals surface area contributed by atoms with E-state index in [1.165, 1.54) is 24.3 Å². The first-order valence-corrected chi connectivity index (χ1v) is 6.47. The molecule has 0 amide bonds. The maximum Gasteiger partial charge on any atom is 0.142 e. The molecule has 1 atom stereocenters. The van der Waals surface area contributed by atoms with E-state index in [1.807, 2.05) is 0 Å². The van der Waals surface area contributed by atoms with Crippen LogP contribution in [0, 0.1) is 11.6 Å².